The number of anilines is 1. The molecule has 0 bridgehead atoms. The second-order valence-electron chi connectivity index (χ2n) is 8.91. The van der Waals surface area contributed by atoms with Gasteiger partial charge in [0, 0.05) is 32.6 Å². The molecule has 3 aromatic rings. The molecule has 1 unspecified atom stereocenters. The summed E-state index contributed by atoms with van der Waals surface area (Å²) in [4.78, 5) is 40.2. The molecule has 1 amide bonds. The van der Waals surface area contributed by atoms with Gasteiger partial charge in [0.1, 0.15) is 0 Å². The highest BCUT2D eigenvalue weighted by Gasteiger charge is 2.43. The monoisotopic (exact) mass is 572 g/mol. The number of rotatable bonds is 7. The van der Waals surface area contributed by atoms with Crippen molar-refractivity contribution in [1.29, 1.82) is 0 Å². The van der Waals surface area contributed by atoms with Gasteiger partial charge in [-0.1, -0.05) is 18.2 Å². The molecule has 2 aromatic carbocycles. The molecule has 0 aliphatic carbocycles. The first kappa shape index (κ1) is 31.2. The highest BCUT2D eigenvalue weighted by atomic mass is 32.2. The molecule has 0 radical (unpaired) electrons. The first-order valence-electron chi connectivity index (χ1n) is 11.1. The van der Waals surface area contributed by atoms with Gasteiger partial charge in [-0.05, 0) is 48.7 Å². The summed E-state index contributed by atoms with van der Waals surface area (Å²) in [6, 6.07) is 13.3. The van der Waals surface area contributed by atoms with E-state index in [0.717, 1.165) is 23.1 Å². The van der Waals surface area contributed by atoms with Crippen LogP contribution in [0, 0.1) is 0 Å². The van der Waals surface area contributed by atoms with Crippen molar-refractivity contribution in [1.82, 2.24) is 15.0 Å². The average molecular weight is 573 g/mol. The Morgan fingerprint density at radius 3 is 2.08 bits per heavy atom. The number of hydrogen-bond donors (Lipinski definition) is 3. The number of hydrogen-bond acceptors (Lipinski definition) is 8. The number of carbonyl (C=O) groups excluding carboxylic acids is 1. The van der Waals surface area contributed by atoms with Crippen LogP contribution in [0.15, 0.2) is 53.6 Å². The van der Waals surface area contributed by atoms with E-state index >= 15 is 0 Å². The third-order valence-corrected chi connectivity index (χ3v) is 8.04. The smallest absolute Gasteiger partial charge is 0.475 e. The Kier molecular flexibility index (Phi) is 9.47. The fraction of sp³-hybridized carbons (Fsp3) is 0.333. The molecule has 212 valence electrons. The predicted octanol–water partition coefficient (Wildman–Crippen LogP) is 2.46. The number of aryl methyl sites for hydroxylation is 1. The van der Waals surface area contributed by atoms with E-state index in [4.69, 9.17) is 15.1 Å². The molecule has 3 rings (SSSR count). The number of carbonyl (C=O) groups is 2. The molecule has 0 spiro atoms. The molecule has 11 nitrogen and oxygen atoms in total. The summed E-state index contributed by atoms with van der Waals surface area (Å²) in [7, 11) is 0.0770. The zero-order chi connectivity index (χ0) is 29.8. The van der Waals surface area contributed by atoms with Gasteiger partial charge in [-0.25, -0.2) is 23.7 Å². The fourth-order valence-corrected chi connectivity index (χ4v) is 4.21. The van der Waals surface area contributed by atoms with E-state index in [0.29, 0.717) is 10.9 Å². The molecular weight excluding hydrogens is 545 g/mol. The Morgan fingerprint density at radius 2 is 1.62 bits per heavy atom. The first-order chi connectivity index (χ1) is 17.9. The van der Waals surface area contributed by atoms with Crippen molar-refractivity contribution in [2.45, 2.75) is 30.8 Å². The largest absolute Gasteiger partial charge is 0.490 e. The number of halogens is 3. The van der Waals surface area contributed by atoms with Crippen molar-refractivity contribution < 1.29 is 41.5 Å². The number of amides is 1. The van der Waals surface area contributed by atoms with Crippen LogP contribution in [-0.2, 0) is 26.0 Å². The topological polar surface area (TPSA) is 159 Å². The normalized spacial score (nSPS) is 13.1. The Balaban J connectivity index is 0.000000673. The number of aliphatic carboxylic acids is 1. The SMILES string of the molecule is CN(C)c1ccc(-c2ccc3c(=O)n(CCC(C)(C(=O)NO)S(C)(=O)=O)cnc3c2)cc1.O=C(O)C(F)(F)F. The molecule has 0 saturated carbocycles. The van der Waals surface area contributed by atoms with Crippen LogP contribution < -0.4 is 15.9 Å². The van der Waals surface area contributed by atoms with Crippen LogP contribution in [0.3, 0.4) is 0 Å². The van der Waals surface area contributed by atoms with E-state index in [9.17, 15) is 31.2 Å². The highest BCUT2D eigenvalue weighted by molar-refractivity contribution is 7.92. The number of sulfone groups is 1. The zero-order valence-electron chi connectivity index (χ0n) is 21.4. The number of hydroxylamine groups is 1. The van der Waals surface area contributed by atoms with Crippen LogP contribution in [0.4, 0.5) is 18.9 Å². The molecule has 0 saturated heterocycles. The molecule has 1 heterocycles. The zero-order valence-corrected chi connectivity index (χ0v) is 22.2. The number of carboxylic acid groups (broad SMARTS) is 1. The van der Waals surface area contributed by atoms with Crippen molar-refractivity contribution >= 4 is 38.3 Å². The van der Waals surface area contributed by atoms with Crippen LogP contribution >= 0.6 is 0 Å². The highest BCUT2D eigenvalue weighted by Crippen LogP contribution is 2.25. The number of aromatic nitrogens is 2. The van der Waals surface area contributed by atoms with Gasteiger partial charge in [-0.3, -0.25) is 19.4 Å². The molecule has 1 atom stereocenters. The lowest BCUT2D eigenvalue weighted by molar-refractivity contribution is -0.192. The summed E-state index contributed by atoms with van der Waals surface area (Å²) in [5, 5.41) is 16.4. The van der Waals surface area contributed by atoms with Gasteiger partial charge in [0.2, 0.25) is 0 Å². The van der Waals surface area contributed by atoms with E-state index in [1.54, 1.807) is 6.07 Å². The average Bonchev–Trinajstić information content (AvgIpc) is 2.86. The predicted molar refractivity (Wildman–Crippen MR) is 137 cm³/mol. The van der Waals surface area contributed by atoms with Crippen LogP contribution in [-0.4, -0.2) is 71.4 Å². The van der Waals surface area contributed by atoms with E-state index < -0.39 is 32.6 Å². The second-order valence-corrected chi connectivity index (χ2v) is 11.4. The van der Waals surface area contributed by atoms with E-state index in [1.165, 1.54) is 23.3 Å². The molecule has 0 aliphatic heterocycles. The third-order valence-electron chi connectivity index (χ3n) is 6.01. The van der Waals surface area contributed by atoms with Crippen molar-refractivity contribution in [3.05, 3.63) is 59.1 Å². The standard InChI is InChI=1S/C22H26N4O5S.C2HF3O2/c1-22(21(28)24-29,32(4,30)31)11-12-26-14-23-19-13-16(7-10-18(19)20(26)27)15-5-8-17(9-6-15)25(2)3;3-2(4,5)1(6)7/h5-10,13-14,29H,11-12H2,1-4H3,(H,24,28);(H,6,7). The van der Waals surface area contributed by atoms with Gasteiger partial charge >= 0.3 is 12.1 Å². The number of fused-ring (bicyclic) bond motifs is 1. The molecule has 0 fully saturated rings. The van der Waals surface area contributed by atoms with Gasteiger partial charge in [-0.15, -0.1) is 0 Å². The summed E-state index contributed by atoms with van der Waals surface area (Å²) < 4.78 is 55.4. The Morgan fingerprint density at radius 1 is 1.08 bits per heavy atom. The summed E-state index contributed by atoms with van der Waals surface area (Å²) in [5.41, 5.74) is 4.55. The maximum atomic E-state index is 12.9. The molecule has 15 heteroatoms. The van der Waals surface area contributed by atoms with Gasteiger partial charge in [0.15, 0.2) is 14.6 Å². The maximum Gasteiger partial charge on any atom is 0.490 e. The lowest BCUT2D eigenvalue weighted by Gasteiger charge is -2.25. The lowest BCUT2D eigenvalue weighted by Crippen LogP contribution is -2.50. The van der Waals surface area contributed by atoms with E-state index in [2.05, 4.69) is 4.98 Å². The summed E-state index contributed by atoms with van der Waals surface area (Å²) in [5.74, 6) is -3.81. The summed E-state index contributed by atoms with van der Waals surface area (Å²) in [6.45, 7) is 1.15. The van der Waals surface area contributed by atoms with E-state index in [-0.39, 0.29) is 18.5 Å². The second kappa shape index (κ2) is 11.8. The van der Waals surface area contributed by atoms with Crippen LogP contribution in [0.5, 0.6) is 0 Å². The number of nitrogens with zero attached hydrogens (tertiary/aromatic N) is 3. The number of benzene rings is 2. The molecule has 39 heavy (non-hydrogen) atoms. The minimum atomic E-state index is -5.08. The summed E-state index contributed by atoms with van der Waals surface area (Å²) >= 11 is 0. The van der Waals surface area contributed by atoms with Gasteiger partial charge < -0.3 is 10.0 Å². The van der Waals surface area contributed by atoms with Gasteiger partial charge in [-0.2, -0.15) is 13.2 Å². The quantitative estimate of drug-likeness (QED) is 0.286. The Labute approximate surface area is 221 Å². The number of nitrogens with one attached hydrogen (secondary N) is 1. The molecular formula is C24H27F3N4O7S. The Bertz CT molecular complexity index is 1520. The number of alkyl halides is 3. The van der Waals surface area contributed by atoms with Gasteiger partial charge in [0.05, 0.1) is 17.2 Å². The minimum absolute atomic E-state index is 0.0630. The fourth-order valence-electron chi connectivity index (χ4n) is 3.37. The van der Waals surface area contributed by atoms with E-state index in [1.807, 2.05) is 55.4 Å². The van der Waals surface area contributed by atoms with Crippen molar-refractivity contribution in [2.75, 3.05) is 25.3 Å². The lowest BCUT2D eigenvalue weighted by atomic mass is 10.0. The summed E-state index contributed by atoms with van der Waals surface area (Å²) in [6.07, 6.45) is -3.04. The van der Waals surface area contributed by atoms with Gasteiger partial charge in [0.25, 0.3) is 11.5 Å². The van der Waals surface area contributed by atoms with Crippen LogP contribution in [0.25, 0.3) is 22.0 Å². The third kappa shape index (κ3) is 7.32. The first-order valence-corrected chi connectivity index (χ1v) is 13.0. The molecule has 1 aromatic heterocycles. The van der Waals surface area contributed by atoms with Crippen LogP contribution in [0.2, 0.25) is 0 Å². The number of carboxylic acids is 1. The maximum absolute atomic E-state index is 12.9. The molecule has 3 N–H and O–H groups in total. The van der Waals surface area contributed by atoms with Crippen molar-refractivity contribution in [2.24, 2.45) is 0 Å². The minimum Gasteiger partial charge on any atom is -0.475 e. The molecule has 0 aliphatic rings. The van der Waals surface area contributed by atoms with Crippen molar-refractivity contribution in [3.63, 3.8) is 0 Å². The van der Waals surface area contributed by atoms with Crippen LogP contribution in [0.1, 0.15) is 13.3 Å². The Hall–Kier alpha value is -3.98. The van der Waals surface area contributed by atoms with Crippen molar-refractivity contribution in [3.8, 4) is 11.1 Å².